The lowest BCUT2D eigenvalue weighted by Gasteiger charge is -2.28. The Balaban J connectivity index is 2.31. The minimum atomic E-state index is -1.26. The van der Waals surface area contributed by atoms with Crippen molar-refractivity contribution in [2.75, 3.05) is 7.05 Å². The first-order valence-electron chi connectivity index (χ1n) is 7.63. The summed E-state index contributed by atoms with van der Waals surface area (Å²) in [5, 5.41) is 5.36. The van der Waals surface area contributed by atoms with E-state index in [1.165, 1.54) is 11.2 Å². The molecule has 8 nitrogen and oxygen atoms in total. The average Bonchev–Trinajstić information content (AvgIpc) is 2.51. The van der Waals surface area contributed by atoms with Gasteiger partial charge in [-0.05, 0) is 34.6 Å². The van der Waals surface area contributed by atoms with E-state index < -0.39 is 22.2 Å². The van der Waals surface area contributed by atoms with Gasteiger partial charge >= 0.3 is 0 Å². The summed E-state index contributed by atoms with van der Waals surface area (Å²) in [6.07, 6.45) is 2.43. The van der Waals surface area contributed by atoms with Crippen molar-refractivity contribution in [2.24, 2.45) is 5.10 Å². The Hall–Kier alpha value is -1.71. The highest BCUT2D eigenvalue weighted by molar-refractivity contribution is 7.90. The van der Waals surface area contributed by atoms with Crippen LogP contribution in [0.1, 0.15) is 52.0 Å². The minimum Gasteiger partial charge on any atom is -0.598 e. The maximum atomic E-state index is 12.3. The second-order valence-electron chi connectivity index (χ2n) is 6.54. The molecule has 1 amide bonds. The maximum Gasteiger partial charge on any atom is 0.283 e. The number of hydrogen-bond donors (Lipinski definition) is 1. The number of hydrazone groups is 1. The van der Waals surface area contributed by atoms with E-state index in [0.717, 1.165) is 0 Å². The summed E-state index contributed by atoms with van der Waals surface area (Å²) in [7, 11) is 1.56. The number of carbonyl (C=O) groups excluding carboxylic acids is 1. The monoisotopic (exact) mass is 353 g/mol. The van der Waals surface area contributed by atoms with E-state index in [0.29, 0.717) is 11.4 Å². The van der Waals surface area contributed by atoms with Gasteiger partial charge in [0.25, 0.3) is 11.8 Å². The third-order valence-electron chi connectivity index (χ3n) is 3.38. The number of ether oxygens (including phenoxy) is 1. The molecule has 0 fully saturated rings. The van der Waals surface area contributed by atoms with E-state index in [2.05, 4.69) is 19.8 Å². The van der Waals surface area contributed by atoms with Crippen molar-refractivity contribution in [2.45, 2.75) is 51.5 Å². The molecule has 3 unspecified atom stereocenters. The van der Waals surface area contributed by atoms with Crippen molar-refractivity contribution < 1.29 is 14.1 Å². The van der Waals surface area contributed by atoms with Crippen LogP contribution >= 0.6 is 0 Å². The van der Waals surface area contributed by atoms with Gasteiger partial charge in [0.1, 0.15) is 10.4 Å². The highest BCUT2D eigenvalue weighted by Crippen LogP contribution is 2.22. The molecular weight excluding hydrogens is 330 g/mol. The molecule has 1 aliphatic heterocycles. The fourth-order valence-corrected chi connectivity index (χ4v) is 2.80. The molecule has 0 bridgehead atoms. The van der Waals surface area contributed by atoms with Gasteiger partial charge in [-0.15, -0.1) is 9.82 Å². The highest BCUT2D eigenvalue weighted by Gasteiger charge is 2.33. The van der Waals surface area contributed by atoms with Crippen LogP contribution in [0.4, 0.5) is 0 Å². The molecule has 24 heavy (non-hydrogen) atoms. The van der Waals surface area contributed by atoms with Gasteiger partial charge in [0.05, 0.1) is 11.7 Å². The maximum absolute atomic E-state index is 12.3. The number of aromatic nitrogens is 2. The van der Waals surface area contributed by atoms with Crippen LogP contribution < -0.4 is 4.72 Å². The smallest absolute Gasteiger partial charge is 0.283 e. The molecule has 0 aliphatic carbocycles. The average molecular weight is 353 g/mol. The normalized spacial score (nSPS) is 21.1. The number of carbonyl (C=O) groups is 1. The number of rotatable bonds is 4. The number of amides is 1. The van der Waals surface area contributed by atoms with Crippen molar-refractivity contribution in [3.05, 3.63) is 23.8 Å². The number of nitrogens with one attached hydrogen (secondary N) is 1. The second-order valence-corrected chi connectivity index (χ2v) is 8.54. The van der Waals surface area contributed by atoms with Gasteiger partial charge in [-0.1, -0.05) is 0 Å². The quantitative estimate of drug-likeness (QED) is 0.814. The Morgan fingerprint density at radius 1 is 1.38 bits per heavy atom. The summed E-state index contributed by atoms with van der Waals surface area (Å²) in [6, 6.07) is -0.335. The zero-order valence-corrected chi connectivity index (χ0v) is 15.5. The molecule has 1 aromatic rings. The summed E-state index contributed by atoms with van der Waals surface area (Å²) in [5.41, 5.74) is 0.985. The Labute approximate surface area is 145 Å². The molecular formula is C15H23N5O3S. The molecule has 0 aromatic carbocycles. The Bertz CT molecular complexity index is 646. The van der Waals surface area contributed by atoms with E-state index in [4.69, 9.17) is 4.74 Å². The number of likely N-dealkylation sites (N-methyl/N-ethyl adjacent to an activating group) is 1. The first-order valence-corrected chi connectivity index (χ1v) is 8.78. The molecule has 132 valence electrons. The Morgan fingerprint density at radius 2 is 2.00 bits per heavy atom. The molecule has 0 saturated heterocycles. The first-order chi connectivity index (χ1) is 11.1. The molecule has 1 aromatic heterocycles. The van der Waals surface area contributed by atoms with Crippen LogP contribution in [-0.2, 0) is 20.9 Å². The van der Waals surface area contributed by atoms with Gasteiger partial charge in [-0.2, -0.15) is 0 Å². The summed E-state index contributed by atoms with van der Waals surface area (Å²) in [5.74, 6) is -0.00732. The van der Waals surface area contributed by atoms with Gasteiger partial charge in [-0.3, -0.25) is 9.78 Å². The Morgan fingerprint density at radius 3 is 2.58 bits per heavy atom. The van der Waals surface area contributed by atoms with Crippen LogP contribution in [0.2, 0.25) is 0 Å². The van der Waals surface area contributed by atoms with Crippen molar-refractivity contribution in [3.8, 4) is 0 Å². The topological polar surface area (TPSA) is 103 Å². The standard InChI is InChI=1S/C15H23N5O3S/c1-9(19-24(22)15(3,4)5)11-12(17-8-7-16-11)13-18-20(6)14(21)10(2)23-13/h7-10,19H,1-6H3. The lowest BCUT2D eigenvalue weighted by Crippen LogP contribution is -2.42. The molecule has 1 N–H and O–H groups in total. The van der Waals surface area contributed by atoms with E-state index >= 15 is 0 Å². The van der Waals surface area contributed by atoms with Gasteiger partial charge in [0.15, 0.2) is 6.10 Å². The molecule has 3 atom stereocenters. The fraction of sp³-hybridized carbons (Fsp3) is 0.600. The second kappa shape index (κ2) is 7.04. The van der Waals surface area contributed by atoms with E-state index in [-0.39, 0.29) is 17.8 Å². The van der Waals surface area contributed by atoms with Gasteiger partial charge in [0, 0.05) is 30.8 Å². The highest BCUT2D eigenvalue weighted by atomic mass is 32.2. The molecule has 2 heterocycles. The van der Waals surface area contributed by atoms with Crippen LogP contribution in [-0.4, -0.2) is 49.2 Å². The lowest BCUT2D eigenvalue weighted by molar-refractivity contribution is -0.139. The predicted molar refractivity (Wildman–Crippen MR) is 91.3 cm³/mol. The largest absolute Gasteiger partial charge is 0.598 e. The lowest BCUT2D eigenvalue weighted by atomic mass is 10.2. The van der Waals surface area contributed by atoms with E-state index in [1.807, 2.05) is 27.7 Å². The molecule has 0 spiro atoms. The zero-order valence-electron chi connectivity index (χ0n) is 14.7. The van der Waals surface area contributed by atoms with Gasteiger partial charge in [-0.25, -0.2) is 9.99 Å². The summed E-state index contributed by atoms with van der Waals surface area (Å²) < 4.78 is 20.5. The molecule has 1 aliphatic rings. The Kier molecular flexibility index (Phi) is 5.46. The third-order valence-corrected chi connectivity index (χ3v) is 5.06. The molecule has 9 heteroatoms. The summed E-state index contributed by atoms with van der Waals surface area (Å²) in [6.45, 7) is 9.16. The molecule has 0 radical (unpaired) electrons. The number of nitrogens with zero attached hydrogens (tertiary/aromatic N) is 4. The first kappa shape index (κ1) is 18.6. The van der Waals surface area contributed by atoms with Crippen molar-refractivity contribution in [3.63, 3.8) is 0 Å². The molecule has 0 saturated carbocycles. The SMILES string of the molecule is CC1OC(c2nccnc2C(C)N[S+]([O-])C(C)(C)C)=NN(C)C1=O. The third kappa shape index (κ3) is 4.03. The zero-order chi connectivity index (χ0) is 18.1. The van der Waals surface area contributed by atoms with Crippen LogP contribution in [0, 0.1) is 0 Å². The van der Waals surface area contributed by atoms with Crippen LogP contribution in [0.25, 0.3) is 0 Å². The van der Waals surface area contributed by atoms with Gasteiger partial charge in [0.2, 0.25) is 0 Å². The predicted octanol–water partition coefficient (Wildman–Crippen LogP) is 1.13. The van der Waals surface area contributed by atoms with Crippen LogP contribution in [0.15, 0.2) is 17.5 Å². The summed E-state index contributed by atoms with van der Waals surface area (Å²) >= 11 is -1.26. The fourth-order valence-electron chi connectivity index (χ4n) is 2.02. The van der Waals surface area contributed by atoms with Crippen LogP contribution in [0.3, 0.4) is 0 Å². The van der Waals surface area contributed by atoms with Gasteiger partial charge < -0.3 is 9.29 Å². The van der Waals surface area contributed by atoms with Crippen molar-refractivity contribution >= 4 is 23.2 Å². The summed E-state index contributed by atoms with van der Waals surface area (Å²) in [4.78, 5) is 20.4. The minimum absolute atomic E-state index is 0.225. The van der Waals surface area contributed by atoms with Crippen molar-refractivity contribution in [1.82, 2.24) is 19.7 Å². The molecule has 2 rings (SSSR count). The number of hydrogen-bond acceptors (Lipinski definition) is 7. The van der Waals surface area contributed by atoms with E-state index in [9.17, 15) is 9.35 Å². The van der Waals surface area contributed by atoms with E-state index in [1.54, 1.807) is 20.2 Å². The van der Waals surface area contributed by atoms with Crippen molar-refractivity contribution in [1.29, 1.82) is 0 Å². The van der Waals surface area contributed by atoms with Crippen LogP contribution in [0.5, 0.6) is 0 Å².